The molecule has 0 saturated carbocycles. The van der Waals surface area contributed by atoms with Crippen LogP contribution in [-0.4, -0.2) is 65.2 Å². The van der Waals surface area contributed by atoms with Crippen LogP contribution in [0.1, 0.15) is 68.3 Å². The summed E-state index contributed by atoms with van der Waals surface area (Å²) in [5.41, 5.74) is 2.46. The lowest BCUT2D eigenvalue weighted by Crippen LogP contribution is -2.42. The Morgan fingerprint density at radius 2 is 1.75 bits per heavy atom. The Morgan fingerprint density at radius 3 is 2.35 bits per heavy atom. The van der Waals surface area contributed by atoms with Gasteiger partial charge in [0.1, 0.15) is 28.3 Å². The Hall–Kier alpha value is -3.76. The molecule has 1 atom stereocenters. The monoisotopic (exact) mass is 561 g/mol. The third kappa shape index (κ3) is 6.68. The number of Topliss-reactive ketones (excluding diaryl/α,β-unsaturated/α-hetero) is 1. The first-order valence-corrected chi connectivity index (χ1v) is 13.1. The van der Waals surface area contributed by atoms with E-state index >= 15 is 0 Å². The van der Waals surface area contributed by atoms with Crippen molar-refractivity contribution in [2.75, 3.05) is 27.3 Å². The molecular formula is C29H34F3N3O5. The number of amides is 1. The number of likely N-dealkylation sites (tertiary alicyclic amines) is 1. The standard InChI is InChI=1S/C29H34F3N3O5/c1-28(2,3)40-27(37)34-11-6-7-19(17-34)18-9-12-35-21(16-33-25(35)15-18)20-13-23(38-4)26(24(14-20)39-5)22(36)8-10-29(30,31)32/h9,12-16,19H,6-8,10-11,17H2,1-5H3. The molecule has 1 unspecified atom stereocenters. The van der Waals surface area contributed by atoms with E-state index < -0.39 is 30.4 Å². The van der Waals surface area contributed by atoms with Crippen LogP contribution < -0.4 is 9.47 Å². The summed E-state index contributed by atoms with van der Waals surface area (Å²) in [6, 6.07) is 7.17. The number of fused-ring (bicyclic) bond motifs is 1. The number of imidazole rings is 1. The van der Waals surface area contributed by atoms with Crippen molar-refractivity contribution in [3.63, 3.8) is 0 Å². The molecule has 3 aromatic rings. The Kier molecular flexibility index (Phi) is 8.32. The number of alkyl halides is 3. The molecule has 0 radical (unpaired) electrons. The van der Waals surface area contributed by atoms with Crippen molar-refractivity contribution in [1.82, 2.24) is 14.3 Å². The number of methoxy groups -OCH3 is 2. The Labute approximate surface area is 231 Å². The molecule has 0 N–H and O–H groups in total. The molecule has 0 aliphatic carbocycles. The molecule has 1 fully saturated rings. The van der Waals surface area contributed by atoms with Crippen molar-refractivity contribution in [3.05, 3.63) is 47.8 Å². The zero-order chi connectivity index (χ0) is 29.2. The molecule has 1 aliphatic rings. The molecule has 0 spiro atoms. The summed E-state index contributed by atoms with van der Waals surface area (Å²) in [4.78, 5) is 31.6. The number of ether oxygens (including phenoxy) is 3. The van der Waals surface area contributed by atoms with Gasteiger partial charge in [-0.3, -0.25) is 9.20 Å². The predicted octanol–water partition coefficient (Wildman–Crippen LogP) is 6.66. The average molecular weight is 562 g/mol. The summed E-state index contributed by atoms with van der Waals surface area (Å²) >= 11 is 0. The van der Waals surface area contributed by atoms with E-state index in [0.717, 1.165) is 18.4 Å². The minimum Gasteiger partial charge on any atom is -0.496 e. The number of carbonyl (C=O) groups is 2. The first-order valence-electron chi connectivity index (χ1n) is 13.1. The minimum atomic E-state index is -4.45. The first kappa shape index (κ1) is 29.2. The van der Waals surface area contributed by atoms with E-state index in [1.54, 1.807) is 23.2 Å². The van der Waals surface area contributed by atoms with Gasteiger partial charge in [0.05, 0.1) is 32.5 Å². The highest BCUT2D eigenvalue weighted by Crippen LogP contribution is 2.37. The summed E-state index contributed by atoms with van der Waals surface area (Å²) in [6.07, 6.45) is -1.34. The molecule has 8 nitrogen and oxygen atoms in total. The SMILES string of the molecule is COc1cc(-c2cnc3cc(C4CCCN(C(=O)OC(C)(C)C)C4)ccn23)cc(OC)c1C(=O)CCC(F)(F)F. The molecule has 1 saturated heterocycles. The second-order valence-corrected chi connectivity index (χ2v) is 10.9. The fourth-order valence-electron chi connectivity index (χ4n) is 4.92. The first-order chi connectivity index (χ1) is 18.8. The number of rotatable bonds is 7. The van der Waals surface area contributed by atoms with Crippen LogP contribution in [0.15, 0.2) is 36.7 Å². The van der Waals surface area contributed by atoms with Gasteiger partial charge in [0.2, 0.25) is 0 Å². The molecule has 11 heteroatoms. The van der Waals surface area contributed by atoms with E-state index in [2.05, 4.69) is 4.98 Å². The molecule has 40 heavy (non-hydrogen) atoms. The van der Waals surface area contributed by atoms with Crippen LogP contribution in [0.2, 0.25) is 0 Å². The van der Waals surface area contributed by atoms with Crippen molar-refractivity contribution in [3.8, 4) is 22.8 Å². The lowest BCUT2D eigenvalue weighted by atomic mass is 9.91. The normalized spacial score (nSPS) is 16.2. The molecule has 4 rings (SSSR count). The highest BCUT2D eigenvalue weighted by Gasteiger charge is 2.31. The third-order valence-corrected chi connectivity index (χ3v) is 6.80. The summed E-state index contributed by atoms with van der Waals surface area (Å²) < 4.78 is 56.3. The number of halogens is 3. The zero-order valence-electron chi connectivity index (χ0n) is 23.3. The number of pyridine rings is 1. The Balaban J connectivity index is 1.61. The molecule has 1 amide bonds. The molecule has 0 bridgehead atoms. The molecule has 216 valence electrons. The van der Waals surface area contributed by atoms with Crippen LogP contribution in [0.5, 0.6) is 11.5 Å². The summed E-state index contributed by atoms with van der Waals surface area (Å²) in [5, 5.41) is 0. The van der Waals surface area contributed by atoms with Gasteiger partial charge in [-0.1, -0.05) is 0 Å². The molecule has 2 aromatic heterocycles. The number of hydrogen-bond acceptors (Lipinski definition) is 6. The van der Waals surface area contributed by atoms with Crippen molar-refractivity contribution in [2.45, 2.75) is 64.1 Å². The predicted molar refractivity (Wildman–Crippen MR) is 143 cm³/mol. The minimum absolute atomic E-state index is 0.0269. The Morgan fingerprint density at radius 1 is 1.07 bits per heavy atom. The van der Waals surface area contributed by atoms with E-state index in [-0.39, 0.29) is 29.1 Å². The fourth-order valence-corrected chi connectivity index (χ4v) is 4.92. The van der Waals surface area contributed by atoms with E-state index in [1.165, 1.54) is 14.2 Å². The van der Waals surface area contributed by atoms with Crippen molar-refractivity contribution < 1.29 is 37.0 Å². The van der Waals surface area contributed by atoms with Crippen LogP contribution in [0.25, 0.3) is 16.9 Å². The van der Waals surface area contributed by atoms with Gasteiger partial charge in [-0.05, 0) is 63.4 Å². The van der Waals surface area contributed by atoms with Crippen LogP contribution in [0, 0.1) is 0 Å². The van der Waals surface area contributed by atoms with Crippen LogP contribution >= 0.6 is 0 Å². The number of piperidine rings is 1. The highest BCUT2D eigenvalue weighted by atomic mass is 19.4. The smallest absolute Gasteiger partial charge is 0.410 e. The zero-order valence-corrected chi connectivity index (χ0v) is 23.3. The van der Waals surface area contributed by atoms with Crippen LogP contribution in [-0.2, 0) is 4.74 Å². The largest absolute Gasteiger partial charge is 0.496 e. The van der Waals surface area contributed by atoms with Crippen molar-refractivity contribution in [1.29, 1.82) is 0 Å². The van der Waals surface area contributed by atoms with Gasteiger partial charge in [-0.2, -0.15) is 13.2 Å². The number of nitrogens with zero attached hydrogens (tertiary/aromatic N) is 3. The average Bonchev–Trinajstić information content (AvgIpc) is 3.33. The number of benzene rings is 1. The van der Waals surface area contributed by atoms with Crippen LogP contribution in [0.4, 0.5) is 18.0 Å². The van der Waals surface area contributed by atoms with E-state index in [0.29, 0.717) is 30.0 Å². The fraction of sp³-hybridized carbons (Fsp3) is 0.483. The second kappa shape index (κ2) is 11.4. The molecule has 1 aromatic carbocycles. The molecule has 3 heterocycles. The molecular weight excluding hydrogens is 527 g/mol. The summed E-state index contributed by atoms with van der Waals surface area (Å²) in [7, 11) is 2.70. The van der Waals surface area contributed by atoms with Gasteiger partial charge in [0, 0.05) is 37.2 Å². The maximum atomic E-state index is 12.7. The van der Waals surface area contributed by atoms with Gasteiger partial charge >= 0.3 is 12.3 Å². The van der Waals surface area contributed by atoms with Gasteiger partial charge < -0.3 is 19.1 Å². The summed E-state index contributed by atoms with van der Waals surface area (Å²) in [5.74, 6) is -0.336. The van der Waals surface area contributed by atoms with Gasteiger partial charge in [0.25, 0.3) is 0 Å². The second-order valence-electron chi connectivity index (χ2n) is 10.9. The quantitative estimate of drug-likeness (QED) is 0.300. The number of hydrogen-bond donors (Lipinski definition) is 0. The number of ketones is 1. The number of carbonyl (C=O) groups excluding carboxylic acids is 2. The maximum absolute atomic E-state index is 12.7. The lowest BCUT2D eigenvalue weighted by molar-refractivity contribution is -0.133. The van der Waals surface area contributed by atoms with Gasteiger partial charge in [-0.25, -0.2) is 9.78 Å². The van der Waals surface area contributed by atoms with Crippen molar-refractivity contribution in [2.24, 2.45) is 0 Å². The molecule has 1 aliphatic heterocycles. The van der Waals surface area contributed by atoms with Crippen LogP contribution in [0.3, 0.4) is 0 Å². The number of aromatic nitrogens is 2. The highest BCUT2D eigenvalue weighted by molar-refractivity contribution is 6.02. The lowest BCUT2D eigenvalue weighted by Gasteiger charge is -2.34. The van der Waals surface area contributed by atoms with E-state index in [4.69, 9.17) is 14.2 Å². The maximum Gasteiger partial charge on any atom is 0.410 e. The third-order valence-electron chi connectivity index (χ3n) is 6.80. The van der Waals surface area contributed by atoms with Gasteiger partial charge in [0.15, 0.2) is 5.78 Å². The topological polar surface area (TPSA) is 82.4 Å². The van der Waals surface area contributed by atoms with E-state index in [1.807, 2.05) is 43.5 Å². The van der Waals surface area contributed by atoms with Crippen molar-refractivity contribution >= 4 is 17.5 Å². The Bertz CT molecular complexity index is 1370. The summed E-state index contributed by atoms with van der Waals surface area (Å²) in [6.45, 7) is 6.75. The van der Waals surface area contributed by atoms with Gasteiger partial charge in [-0.15, -0.1) is 0 Å². The van der Waals surface area contributed by atoms with E-state index in [9.17, 15) is 22.8 Å².